The third-order valence-electron chi connectivity index (χ3n) is 4.54. The van der Waals surface area contributed by atoms with Gasteiger partial charge in [0.15, 0.2) is 0 Å². The Kier molecular flexibility index (Phi) is 8.67. The van der Waals surface area contributed by atoms with Gasteiger partial charge in [0.05, 0.1) is 0 Å². The number of piperidine rings is 1. The van der Waals surface area contributed by atoms with Crippen LogP contribution in [0.5, 0.6) is 0 Å². The number of nitrogens with zero attached hydrogens (tertiary/aromatic N) is 2. The molecule has 1 aliphatic heterocycles. The number of likely N-dealkylation sites (tertiary alicyclic amines) is 1. The van der Waals surface area contributed by atoms with Gasteiger partial charge in [-0.15, -0.1) is 0 Å². The van der Waals surface area contributed by atoms with Gasteiger partial charge in [-0.1, -0.05) is 6.92 Å². The smallest absolute Gasteiger partial charge is 0.00644 e. The minimum Gasteiger partial charge on any atom is -0.317 e. The number of hydrogen-bond donors (Lipinski definition) is 1. The molecule has 0 aromatic rings. The van der Waals surface area contributed by atoms with Crippen LogP contribution in [0.3, 0.4) is 0 Å². The molecule has 1 unspecified atom stereocenters. The van der Waals surface area contributed by atoms with Crippen molar-refractivity contribution in [3.8, 4) is 0 Å². The number of nitrogens with one attached hydrogen (secondary N) is 1. The van der Waals surface area contributed by atoms with Crippen LogP contribution >= 0.6 is 0 Å². The van der Waals surface area contributed by atoms with Gasteiger partial charge in [-0.3, -0.25) is 0 Å². The molecule has 1 fully saturated rings. The highest BCUT2D eigenvalue weighted by molar-refractivity contribution is 4.74. The third-order valence-corrected chi connectivity index (χ3v) is 4.54. The van der Waals surface area contributed by atoms with E-state index in [0.29, 0.717) is 0 Å². The molecule has 1 atom stereocenters. The lowest BCUT2D eigenvalue weighted by Crippen LogP contribution is -2.39. The Labute approximate surface area is 120 Å². The van der Waals surface area contributed by atoms with Crippen LogP contribution in [0.1, 0.15) is 46.0 Å². The van der Waals surface area contributed by atoms with E-state index in [-0.39, 0.29) is 0 Å². The molecule has 0 amide bonds. The lowest BCUT2D eigenvalue weighted by molar-refractivity contribution is 0.150. The highest BCUT2D eigenvalue weighted by atomic mass is 15.1. The summed E-state index contributed by atoms with van der Waals surface area (Å²) < 4.78 is 0. The first-order valence-electron chi connectivity index (χ1n) is 8.23. The van der Waals surface area contributed by atoms with Crippen molar-refractivity contribution in [2.24, 2.45) is 5.92 Å². The molecule has 114 valence electrons. The molecule has 3 nitrogen and oxygen atoms in total. The largest absolute Gasteiger partial charge is 0.317 e. The summed E-state index contributed by atoms with van der Waals surface area (Å²) in [6.07, 6.45) is 6.63. The summed E-state index contributed by atoms with van der Waals surface area (Å²) in [6.45, 7) is 10.8. The lowest BCUT2D eigenvalue weighted by Gasteiger charge is -2.34. The molecule has 1 rings (SSSR count). The minimum absolute atomic E-state index is 0.725. The summed E-state index contributed by atoms with van der Waals surface area (Å²) in [5.74, 6) is 0.918. The van der Waals surface area contributed by atoms with E-state index in [1.54, 1.807) is 0 Å². The molecule has 3 heteroatoms. The maximum Gasteiger partial charge on any atom is 0.00644 e. The van der Waals surface area contributed by atoms with E-state index in [9.17, 15) is 0 Å². The van der Waals surface area contributed by atoms with E-state index in [0.717, 1.165) is 12.0 Å². The minimum atomic E-state index is 0.725. The van der Waals surface area contributed by atoms with Crippen molar-refractivity contribution >= 4 is 0 Å². The van der Waals surface area contributed by atoms with Gasteiger partial charge < -0.3 is 15.1 Å². The van der Waals surface area contributed by atoms with Crippen LogP contribution in [0.4, 0.5) is 0 Å². The van der Waals surface area contributed by atoms with E-state index in [1.807, 2.05) is 0 Å². The SMILES string of the molecule is CCCNCCCC(C)N(C)CC1CCN(C)CC1. The predicted molar refractivity (Wildman–Crippen MR) is 84.7 cm³/mol. The first-order chi connectivity index (χ1) is 9.13. The fraction of sp³-hybridized carbons (Fsp3) is 1.00. The molecule has 0 saturated carbocycles. The molecule has 19 heavy (non-hydrogen) atoms. The third kappa shape index (κ3) is 7.28. The second-order valence-electron chi connectivity index (χ2n) is 6.43. The fourth-order valence-electron chi connectivity index (χ4n) is 2.88. The normalized spacial score (nSPS) is 20.1. The standard InChI is InChI=1S/C16H35N3/c1-5-10-17-11-6-7-15(2)19(4)14-16-8-12-18(3)13-9-16/h15-17H,5-14H2,1-4H3. The van der Waals surface area contributed by atoms with Crippen LogP contribution in [-0.4, -0.2) is 62.7 Å². The van der Waals surface area contributed by atoms with E-state index in [1.165, 1.54) is 64.8 Å². The topological polar surface area (TPSA) is 18.5 Å². The monoisotopic (exact) mass is 269 g/mol. The maximum atomic E-state index is 3.49. The first kappa shape index (κ1) is 16.9. The predicted octanol–water partition coefficient (Wildman–Crippen LogP) is 2.43. The molecule has 0 bridgehead atoms. The molecular weight excluding hydrogens is 234 g/mol. The molecule has 0 aromatic carbocycles. The molecular formula is C16H35N3. The number of rotatable bonds is 9. The maximum absolute atomic E-state index is 3.49. The van der Waals surface area contributed by atoms with Crippen LogP contribution in [0.25, 0.3) is 0 Å². The van der Waals surface area contributed by atoms with Crippen molar-refractivity contribution in [2.75, 3.05) is 46.8 Å². The average molecular weight is 269 g/mol. The molecule has 1 N–H and O–H groups in total. The van der Waals surface area contributed by atoms with Crippen LogP contribution in [0, 0.1) is 5.92 Å². The summed E-state index contributed by atoms with van der Waals surface area (Å²) in [6, 6.07) is 0.725. The average Bonchev–Trinajstić information content (AvgIpc) is 2.41. The Hall–Kier alpha value is -0.120. The summed E-state index contributed by atoms with van der Waals surface area (Å²) in [4.78, 5) is 5.04. The highest BCUT2D eigenvalue weighted by Gasteiger charge is 2.19. The zero-order valence-electron chi connectivity index (χ0n) is 13.6. The lowest BCUT2D eigenvalue weighted by atomic mass is 9.96. The van der Waals surface area contributed by atoms with Gasteiger partial charge in [-0.25, -0.2) is 0 Å². The van der Waals surface area contributed by atoms with E-state index in [2.05, 4.69) is 43.1 Å². The van der Waals surface area contributed by atoms with Crippen molar-refractivity contribution in [3.63, 3.8) is 0 Å². The zero-order valence-corrected chi connectivity index (χ0v) is 13.6. The van der Waals surface area contributed by atoms with Gasteiger partial charge in [0.25, 0.3) is 0 Å². The molecule has 1 aliphatic rings. The van der Waals surface area contributed by atoms with Gasteiger partial charge in [0, 0.05) is 12.6 Å². The van der Waals surface area contributed by atoms with Crippen molar-refractivity contribution < 1.29 is 0 Å². The van der Waals surface area contributed by atoms with Crippen LogP contribution in [-0.2, 0) is 0 Å². The van der Waals surface area contributed by atoms with E-state index < -0.39 is 0 Å². The molecule has 0 spiro atoms. The number of hydrogen-bond acceptors (Lipinski definition) is 3. The van der Waals surface area contributed by atoms with Gasteiger partial charge in [-0.2, -0.15) is 0 Å². The molecule has 0 radical (unpaired) electrons. The zero-order chi connectivity index (χ0) is 14.1. The van der Waals surface area contributed by atoms with Gasteiger partial charge in [-0.05, 0) is 85.2 Å². The van der Waals surface area contributed by atoms with Crippen molar-refractivity contribution in [1.82, 2.24) is 15.1 Å². The van der Waals surface area contributed by atoms with Gasteiger partial charge >= 0.3 is 0 Å². The summed E-state index contributed by atoms with van der Waals surface area (Å²) in [5, 5.41) is 3.49. The Morgan fingerprint density at radius 2 is 1.95 bits per heavy atom. The van der Waals surface area contributed by atoms with E-state index >= 15 is 0 Å². The van der Waals surface area contributed by atoms with Gasteiger partial charge in [0.1, 0.15) is 0 Å². The van der Waals surface area contributed by atoms with Crippen molar-refractivity contribution in [3.05, 3.63) is 0 Å². The molecule has 0 aliphatic carbocycles. The van der Waals surface area contributed by atoms with Crippen molar-refractivity contribution in [2.45, 2.75) is 52.0 Å². The van der Waals surface area contributed by atoms with Gasteiger partial charge in [0.2, 0.25) is 0 Å². The Balaban J connectivity index is 2.08. The summed E-state index contributed by atoms with van der Waals surface area (Å²) in [7, 11) is 4.55. The van der Waals surface area contributed by atoms with Crippen LogP contribution in [0.15, 0.2) is 0 Å². The van der Waals surface area contributed by atoms with E-state index in [4.69, 9.17) is 0 Å². The van der Waals surface area contributed by atoms with Crippen LogP contribution < -0.4 is 5.32 Å². The summed E-state index contributed by atoms with van der Waals surface area (Å²) >= 11 is 0. The first-order valence-corrected chi connectivity index (χ1v) is 8.23. The second-order valence-corrected chi connectivity index (χ2v) is 6.43. The quantitative estimate of drug-likeness (QED) is 0.649. The Morgan fingerprint density at radius 3 is 2.58 bits per heavy atom. The second kappa shape index (κ2) is 9.73. The molecule has 1 saturated heterocycles. The highest BCUT2D eigenvalue weighted by Crippen LogP contribution is 2.18. The molecule has 0 aromatic heterocycles. The van der Waals surface area contributed by atoms with Crippen molar-refractivity contribution in [1.29, 1.82) is 0 Å². The summed E-state index contributed by atoms with van der Waals surface area (Å²) in [5.41, 5.74) is 0. The molecule has 1 heterocycles. The van der Waals surface area contributed by atoms with Crippen LogP contribution in [0.2, 0.25) is 0 Å². The Morgan fingerprint density at radius 1 is 1.26 bits per heavy atom. The Bertz CT molecular complexity index is 212. The fourth-order valence-corrected chi connectivity index (χ4v) is 2.88.